The number of carbonyl (C=O) groups is 1. The zero-order chi connectivity index (χ0) is 15.6. The minimum absolute atomic E-state index is 0.186. The van der Waals surface area contributed by atoms with E-state index < -0.39 is 28.2 Å². The van der Waals surface area contributed by atoms with Crippen molar-refractivity contribution in [1.82, 2.24) is 0 Å². The van der Waals surface area contributed by atoms with Crippen LogP contribution in [0.5, 0.6) is 0 Å². The van der Waals surface area contributed by atoms with Gasteiger partial charge < -0.3 is 5.32 Å². The molecule has 0 atom stereocenters. The second kappa shape index (κ2) is 5.96. The van der Waals surface area contributed by atoms with Gasteiger partial charge >= 0.3 is 0 Å². The zero-order valence-electron chi connectivity index (χ0n) is 10.3. The Morgan fingerprint density at radius 1 is 1.19 bits per heavy atom. The zero-order valence-corrected chi connectivity index (χ0v) is 11.9. The Hall–Kier alpha value is -2.35. The molecule has 0 bridgehead atoms. The SMILES string of the molecule is O=C(Nc1cc([N+](=O)[O-])ccc1F)c1c(F)cccc1Br. The van der Waals surface area contributed by atoms with Crippen LogP contribution < -0.4 is 5.32 Å². The molecule has 2 rings (SSSR count). The Morgan fingerprint density at radius 3 is 2.52 bits per heavy atom. The number of anilines is 1. The quantitative estimate of drug-likeness (QED) is 0.669. The number of nitrogens with one attached hydrogen (secondary N) is 1. The second-order valence-electron chi connectivity index (χ2n) is 3.97. The van der Waals surface area contributed by atoms with Crippen LogP contribution in [-0.2, 0) is 0 Å². The summed E-state index contributed by atoms with van der Waals surface area (Å²) in [6.07, 6.45) is 0. The van der Waals surface area contributed by atoms with Crippen LogP contribution in [0.25, 0.3) is 0 Å². The lowest BCUT2D eigenvalue weighted by atomic mass is 10.2. The lowest BCUT2D eigenvalue weighted by Gasteiger charge is -2.08. The summed E-state index contributed by atoms with van der Waals surface area (Å²) < 4.78 is 27.4. The summed E-state index contributed by atoms with van der Waals surface area (Å²) in [5.41, 5.74) is -1.10. The van der Waals surface area contributed by atoms with Gasteiger partial charge in [0.1, 0.15) is 11.6 Å². The molecule has 0 aliphatic rings. The molecule has 2 aromatic rings. The number of non-ortho nitro benzene ring substituents is 1. The predicted octanol–water partition coefficient (Wildman–Crippen LogP) is 3.89. The minimum Gasteiger partial charge on any atom is -0.319 e. The first-order valence-electron chi connectivity index (χ1n) is 5.59. The molecule has 0 heterocycles. The second-order valence-corrected chi connectivity index (χ2v) is 4.83. The number of benzene rings is 2. The molecule has 2 aromatic carbocycles. The van der Waals surface area contributed by atoms with Crippen molar-refractivity contribution in [2.45, 2.75) is 0 Å². The molecule has 21 heavy (non-hydrogen) atoms. The Morgan fingerprint density at radius 2 is 1.90 bits per heavy atom. The third-order valence-electron chi connectivity index (χ3n) is 2.60. The van der Waals surface area contributed by atoms with Gasteiger partial charge in [0.2, 0.25) is 0 Å². The largest absolute Gasteiger partial charge is 0.319 e. The molecule has 0 fully saturated rings. The first-order valence-corrected chi connectivity index (χ1v) is 6.38. The van der Waals surface area contributed by atoms with Crippen LogP contribution in [-0.4, -0.2) is 10.8 Å². The average molecular weight is 357 g/mol. The van der Waals surface area contributed by atoms with Crippen LogP contribution in [0.15, 0.2) is 40.9 Å². The number of hydrogen-bond acceptors (Lipinski definition) is 3. The van der Waals surface area contributed by atoms with Crippen molar-refractivity contribution in [3.05, 3.63) is 68.2 Å². The number of nitro benzene ring substituents is 1. The molecule has 1 amide bonds. The summed E-state index contributed by atoms with van der Waals surface area (Å²) >= 11 is 3.01. The summed E-state index contributed by atoms with van der Waals surface area (Å²) in [5, 5.41) is 12.7. The first kappa shape index (κ1) is 15.0. The van der Waals surface area contributed by atoms with Crippen molar-refractivity contribution in [3.8, 4) is 0 Å². The highest BCUT2D eigenvalue weighted by Crippen LogP contribution is 2.24. The van der Waals surface area contributed by atoms with Gasteiger partial charge in [0, 0.05) is 16.6 Å². The molecular formula is C13H7BrF2N2O3. The number of nitrogens with zero attached hydrogens (tertiary/aromatic N) is 1. The molecule has 0 spiro atoms. The molecule has 0 aromatic heterocycles. The summed E-state index contributed by atoms with van der Waals surface area (Å²) in [4.78, 5) is 21.9. The summed E-state index contributed by atoms with van der Waals surface area (Å²) in [5.74, 6) is -2.58. The number of amides is 1. The molecule has 108 valence electrons. The van der Waals surface area contributed by atoms with E-state index in [1.54, 1.807) is 0 Å². The molecule has 0 aliphatic heterocycles. The van der Waals surface area contributed by atoms with E-state index in [2.05, 4.69) is 21.2 Å². The topological polar surface area (TPSA) is 72.2 Å². The summed E-state index contributed by atoms with van der Waals surface area (Å²) in [6, 6.07) is 6.59. The third kappa shape index (κ3) is 3.22. The fraction of sp³-hybridized carbons (Fsp3) is 0. The highest BCUT2D eigenvalue weighted by Gasteiger charge is 2.18. The number of nitro groups is 1. The average Bonchev–Trinajstić information content (AvgIpc) is 2.40. The van der Waals surface area contributed by atoms with E-state index in [4.69, 9.17) is 0 Å². The molecular weight excluding hydrogens is 350 g/mol. The van der Waals surface area contributed by atoms with E-state index in [0.717, 1.165) is 24.3 Å². The van der Waals surface area contributed by atoms with Crippen molar-refractivity contribution in [2.24, 2.45) is 0 Å². The van der Waals surface area contributed by atoms with E-state index in [-0.39, 0.29) is 15.7 Å². The molecule has 8 heteroatoms. The van der Waals surface area contributed by atoms with Crippen molar-refractivity contribution >= 4 is 33.2 Å². The highest BCUT2D eigenvalue weighted by molar-refractivity contribution is 9.10. The molecule has 0 aliphatic carbocycles. The van der Waals surface area contributed by atoms with E-state index in [0.29, 0.717) is 0 Å². The molecule has 1 N–H and O–H groups in total. The normalized spacial score (nSPS) is 10.2. The third-order valence-corrected chi connectivity index (χ3v) is 3.26. The maximum Gasteiger partial charge on any atom is 0.271 e. The van der Waals surface area contributed by atoms with Crippen LogP contribution in [0.3, 0.4) is 0 Å². The first-order chi connectivity index (χ1) is 9.90. The van der Waals surface area contributed by atoms with Gasteiger partial charge in [-0.3, -0.25) is 14.9 Å². The van der Waals surface area contributed by atoms with Crippen molar-refractivity contribution < 1.29 is 18.5 Å². The van der Waals surface area contributed by atoms with Gasteiger partial charge in [-0.25, -0.2) is 8.78 Å². The fourth-order valence-corrected chi connectivity index (χ4v) is 2.14. The highest BCUT2D eigenvalue weighted by atomic mass is 79.9. The number of hydrogen-bond donors (Lipinski definition) is 1. The van der Waals surface area contributed by atoms with Gasteiger partial charge in [-0.05, 0) is 34.1 Å². The maximum atomic E-state index is 13.6. The van der Waals surface area contributed by atoms with Crippen molar-refractivity contribution in [2.75, 3.05) is 5.32 Å². The lowest BCUT2D eigenvalue weighted by molar-refractivity contribution is -0.384. The van der Waals surface area contributed by atoms with Crippen molar-refractivity contribution in [3.63, 3.8) is 0 Å². The van der Waals surface area contributed by atoms with Gasteiger partial charge in [0.15, 0.2) is 0 Å². The predicted molar refractivity (Wildman–Crippen MR) is 75.1 cm³/mol. The summed E-state index contributed by atoms with van der Waals surface area (Å²) in [7, 11) is 0. The van der Waals surface area contributed by atoms with Gasteiger partial charge in [0.05, 0.1) is 16.2 Å². The Kier molecular flexibility index (Phi) is 4.27. The summed E-state index contributed by atoms with van der Waals surface area (Å²) in [6.45, 7) is 0. The monoisotopic (exact) mass is 356 g/mol. The molecule has 0 saturated heterocycles. The maximum absolute atomic E-state index is 13.6. The van der Waals surface area contributed by atoms with Crippen LogP contribution in [0.4, 0.5) is 20.2 Å². The number of carbonyl (C=O) groups excluding carboxylic acids is 1. The van der Waals surface area contributed by atoms with Crippen LogP contribution in [0.2, 0.25) is 0 Å². The number of halogens is 3. The minimum atomic E-state index is -0.917. The molecule has 5 nitrogen and oxygen atoms in total. The molecule has 0 saturated carbocycles. The fourth-order valence-electron chi connectivity index (χ4n) is 1.62. The molecule has 0 radical (unpaired) electrons. The Bertz CT molecular complexity index is 717. The van der Waals surface area contributed by atoms with Crippen LogP contribution in [0, 0.1) is 21.7 Å². The van der Waals surface area contributed by atoms with E-state index >= 15 is 0 Å². The van der Waals surface area contributed by atoms with E-state index in [9.17, 15) is 23.7 Å². The van der Waals surface area contributed by atoms with Gasteiger partial charge in [-0.15, -0.1) is 0 Å². The van der Waals surface area contributed by atoms with Gasteiger partial charge in [-0.2, -0.15) is 0 Å². The van der Waals surface area contributed by atoms with E-state index in [1.165, 1.54) is 12.1 Å². The lowest BCUT2D eigenvalue weighted by Crippen LogP contribution is -2.15. The molecule has 0 unspecified atom stereocenters. The standard InChI is InChI=1S/C13H7BrF2N2O3/c14-8-2-1-3-10(16)12(8)13(19)17-11-6-7(18(20)21)4-5-9(11)15/h1-6H,(H,17,19). The van der Waals surface area contributed by atoms with E-state index in [1.807, 2.05) is 0 Å². The number of rotatable bonds is 3. The van der Waals surface area contributed by atoms with Crippen molar-refractivity contribution in [1.29, 1.82) is 0 Å². The van der Waals surface area contributed by atoms with Crippen LogP contribution in [0.1, 0.15) is 10.4 Å². The smallest absolute Gasteiger partial charge is 0.271 e. The van der Waals surface area contributed by atoms with Gasteiger partial charge in [0.25, 0.3) is 11.6 Å². The Labute approximate surface area is 125 Å². The van der Waals surface area contributed by atoms with Gasteiger partial charge in [-0.1, -0.05) is 6.07 Å². The Balaban J connectivity index is 2.36. The van der Waals surface area contributed by atoms with Crippen LogP contribution >= 0.6 is 15.9 Å².